The maximum absolute atomic E-state index is 5.63. The van der Waals surface area contributed by atoms with Crippen molar-refractivity contribution in [1.82, 2.24) is 9.97 Å². The molecule has 0 amide bonds. The van der Waals surface area contributed by atoms with Crippen molar-refractivity contribution in [3.63, 3.8) is 0 Å². The maximum Gasteiger partial charge on any atom is 0.226 e. The molecule has 22 heavy (non-hydrogen) atoms. The third kappa shape index (κ3) is 4.30. The number of anilines is 6. The fraction of sp³-hybridized carbons (Fsp3) is 0.286. The van der Waals surface area contributed by atoms with E-state index >= 15 is 0 Å². The van der Waals surface area contributed by atoms with Gasteiger partial charge in [0.15, 0.2) is 11.6 Å². The third-order valence-electron chi connectivity index (χ3n) is 3.13. The average Bonchev–Trinajstić information content (AvgIpc) is 2.50. The first-order chi connectivity index (χ1) is 10.6. The first kappa shape index (κ1) is 15.5. The third-order valence-corrected chi connectivity index (χ3v) is 3.13. The number of nitrogens with one attached hydrogen (secondary N) is 2. The Balaban J connectivity index is 1.66. The summed E-state index contributed by atoms with van der Waals surface area (Å²) in [5.74, 6) is 0.788. The number of nitrogens with two attached hydrogens (primary N) is 4. The van der Waals surface area contributed by atoms with Gasteiger partial charge in [-0.3, -0.25) is 0 Å². The second kappa shape index (κ2) is 7.21. The van der Waals surface area contributed by atoms with Crippen molar-refractivity contribution in [2.24, 2.45) is 0 Å². The zero-order valence-electron chi connectivity index (χ0n) is 12.3. The van der Waals surface area contributed by atoms with E-state index in [2.05, 4.69) is 20.6 Å². The van der Waals surface area contributed by atoms with Gasteiger partial charge in [0, 0.05) is 24.5 Å². The standard InChI is InChI=1S/C14H22N8/c15-9-3-5-10(6-4-9)19-7-1-2-8-20-14-21-12(17)11(16)13(18)22-14/h3-6,19H,1-2,7-8,15-16H2,(H5,17,18,20,21,22). The molecule has 0 aliphatic carbocycles. The van der Waals surface area contributed by atoms with E-state index in [1.54, 1.807) is 0 Å². The molecule has 2 aromatic rings. The second-order valence-electron chi connectivity index (χ2n) is 4.91. The molecule has 0 radical (unpaired) electrons. The van der Waals surface area contributed by atoms with E-state index in [0.717, 1.165) is 37.3 Å². The molecule has 0 saturated heterocycles. The molecule has 0 aliphatic rings. The van der Waals surface area contributed by atoms with Gasteiger partial charge < -0.3 is 33.6 Å². The molecule has 10 N–H and O–H groups in total. The summed E-state index contributed by atoms with van der Waals surface area (Å²) in [6, 6.07) is 7.66. The van der Waals surface area contributed by atoms with Gasteiger partial charge in [0.05, 0.1) is 0 Å². The lowest BCUT2D eigenvalue weighted by molar-refractivity contribution is 0.791. The molecule has 0 spiro atoms. The number of nitrogens with zero attached hydrogens (tertiary/aromatic N) is 2. The van der Waals surface area contributed by atoms with E-state index in [1.807, 2.05) is 24.3 Å². The van der Waals surface area contributed by atoms with Crippen LogP contribution >= 0.6 is 0 Å². The zero-order chi connectivity index (χ0) is 15.9. The molecule has 0 bridgehead atoms. The molecule has 1 aromatic heterocycles. The van der Waals surface area contributed by atoms with Crippen molar-refractivity contribution in [1.29, 1.82) is 0 Å². The molecule has 0 unspecified atom stereocenters. The molecule has 8 heteroatoms. The quantitative estimate of drug-likeness (QED) is 0.328. The highest BCUT2D eigenvalue weighted by Gasteiger charge is 2.05. The Morgan fingerprint density at radius 1 is 0.773 bits per heavy atom. The Bertz CT molecular complexity index is 588. The van der Waals surface area contributed by atoms with Crippen molar-refractivity contribution in [3.05, 3.63) is 24.3 Å². The monoisotopic (exact) mass is 302 g/mol. The summed E-state index contributed by atoms with van der Waals surface area (Å²) in [7, 11) is 0. The van der Waals surface area contributed by atoms with Crippen molar-refractivity contribution >= 4 is 34.6 Å². The van der Waals surface area contributed by atoms with E-state index in [9.17, 15) is 0 Å². The van der Waals surface area contributed by atoms with Crippen LogP contribution in [0.15, 0.2) is 24.3 Å². The Kier molecular flexibility index (Phi) is 5.07. The molecule has 1 aromatic carbocycles. The van der Waals surface area contributed by atoms with Crippen LogP contribution in [0.4, 0.5) is 34.6 Å². The van der Waals surface area contributed by atoms with Crippen LogP contribution in [0.3, 0.4) is 0 Å². The van der Waals surface area contributed by atoms with Crippen LogP contribution in [-0.4, -0.2) is 23.1 Å². The van der Waals surface area contributed by atoms with E-state index in [0.29, 0.717) is 5.95 Å². The van der Waals surface area contributed by atoms with Crippen LogP contribution in [0.1, 0.15) is 12.8 Å². The molecule has 0 aliphatic heterocycles. The zero-order valence-corrected chi connectivity index (χ0v) is 12.3. The predicted molar refractivity (Wildman–Crippen MR) is 92.3 cm³/mol. The lowest BCUT2D eigenvalue weighted by atomic mass is 10.2. The highest BCUT2D eigenvalue weighted by molar-refractivity contribution is 5.72. The van der Waals surface area contributed by atoms with Crippen LogP contribution in [0, 0.1) is 0 Å². The molecular weight excluding hydrogens is 280 g/mol. The fourth-order valence-corrected chi connectivity index (χ4v) is 1.87. The minimum absolute atomic E-state index is 0.194. The molecule has 2 rings (SSSR count). The number of hydrogen-bond acceptors (Lipinski definition) is 8. The molecular formula is C14H22N8. The predicted octanol–water partition coefficient (Wildman–Crippen LogP) is 1.11. The van der Waals surface area contributed by atoms with Crippen LogP contribution in [-0.2, 0) is 0 Å². The Labute approximate surface area is 129 Å². The summed E-state index contributed by atoms with van der Waals surface area (Å²) >= 11 is 0. The van der Waals surface area contributed by atoms with Gasteiger partial charge in [-0.15, -0.1) is 0 Å². The Morgan fingerprint density at radius 2 is 1.32 bits per heavy atom. The van der Waals surface area contributed by atoms with E-state index in [1.165, 1.54) is 0 Å². The molecule has 0 fully saturated rings. The second-order valence-corrected chi connectivity index (χ2v) is 4.91. The average molecular weight is 302 g/mol. The minimum Gasteiger partial charge on any atom is -0.399 e. The number of rotatable bonds is 7. The summed E-state index contributed by atoms with van der Waals surface area (Å²) in [6.45, 7) is 1.60. The van der Waals surface area contributed by atoms with Crippen molar-refractivity contribution in [2.75, 3.05) is 46.7 Å². The van der Waals surface area contributed by atoms with Gasteiger partial charge in [0.2, 0.25) is 5.95 Å². The van der Waals surface area contributed by atoms with Gasteiger partial charge in [-0.05, 0) is 37.1 Å². The highest BCUT2D eigenvalue weighted by Crippen LogP contribution is 2.19. The first-order valence-corrected chi connectivity index (χ1v) is 7.08. The summed E-state index contributed by atoms with van der Waals surface area (Å²) in [5.41, 5.74) is 24.5. The van der Waals surface area contributed by atoms with Crippen LogP contribution in [0.2, 0.25) is 0 Å². The van der Waals surface area contributed by atoms with Crippen molar-refractivity contribution in [3.8, 4) is 0 Å². The molecule has 118 valence electrons. The van der Waals surface area contributed by atoms with Crippen LogP contribution < -0.4 is 33.6 Å². The lowest BCUT2D eigenvalue weighted by Crippen LogP contribution is -2.12. The largest absolute Gasteiger partial charge is 0.399 e. The van der Waals surface area contributed by atoms with Crippen molar-refractivity contribution < 1.29 is 0 Å². The molecule has 1 heterocycles. The van der Waals surface area contributed by atoms with Gasteiger partial charge >= 0.3 is 0 Å². The maximum atomic E-state index is 5.63. The van der Waals surface area contributed by atoms with Crippen LogP contribution in [0.25, 0.3) is 0 Å². The van der Waals surface area contributed by atoms with E-state index in [4.69, 9.17) is 22.9 Å². The molecule has 8 nitrogen and oxygen atoms in total. The topological polar surface area (TPSA) is 154 Å². The van der Waals surface area contributed by atoms with E-state index in [-0.39, 0.29) is 17.3 Å². The summed E-state index contributed by atoms with van der Waals surface area (Å²) in [4.78, 5) is 8.06. The van der Waals surface area contributed by atoms with E-state index < -0.39 is 0 Å². The Hall–Kier alpha value is -2.90. The van der Waals surface area contributed by atoms with Gasteiger partial charge in [-0.1, -0.05) is 0 Å². The van der Waals surface area contributed by atoms with Gasteiger partial charge in [-0.2, -0.15) is 9.97 Å². The summed E-state index contributed by atoms with van der Waals surface area (Å²) in [6.07, 6.45) is 1.95. The van der Waals surface area contributed by atoms with Crippen LogP contribution in [0.5, 0.6) is 0 Å². The SMILES string of the molecule is Nc1ccc(NCCCCNc2nc(N)c(N)c(N)n2)cc1. The highest BCUT2D eigenvalue weighted by atomic mass is 15.1. The van der Waals surface area contributed by atoms with Gasteiger partial charge in [-0.25, -0.2) is 0 Å². The summed E-state index contributed by atoms with van der Waals surface area (Å²) in [5, 5.41) is 6.40. The Morgan fingerprint density at radius 3 is 1.91 bits per heavy atom. The number of unbranched alkanes of at least 4 members (excludes halogenated alkanes) is 1. The first-order valence-electron chi connectivity index (χ1n) is 7.08. The normalized spacial score (nSPS) is 10.4. The number of aromatic nitrogens is 2. The number of benzene rings is 1. The molecule has 0 atom stereocenters. The fourth-order valence-electron chi connectivity index (χ4n) is 1.87. The smallest absolute Gasteiger partial charge is 0.226 e. The lowest BCUT2D eigenvalue weighted by Gasteiger charge is -2.09. The minimum atomic E-state index is 0.194. The molecule has 0 saturated carbocycles. The van der Waals surface area contributed by atoms with Gasteiger partial charge in [0.25, 0.3) is 0 Å². The number of nitrogen functional groups attached to an aromatic ring is 4. The summed E-state index contributed by atoms with van der Waals surface area (Å²) < 4.78 is 0. The number of hydrogen-bond donors (Lipinski definition) is 6. The van der Waals surface area contributed by atoms with Crippen molar-refractivity contribution in [2.45, 2.75) is 12.8 Å². The van der Waals surface area contributed by atoms with Gasteiger partial charge in [0.1, 0.15) is 5.69 Å².